The SMILES string of the molecule is Cc1cc(NCCNC(=O)c2nc(C)n(-c3ccccc3C(C)C)n2)n2ncnc2n1. The summed E-state index contributed by atoms with van der Waals surface area (Å²) in [4.78, 5) is 25.3. The number of rotatable bonds is 7. The molecule has 0 saturated heterocycles. The molecule has 0 aliphatic carbocycles. The van der Waals surface area contributed by atoms with Crippen molar-refractivity contribution in [3.05, 3.63) is 59.6 Å². The van der Waals surface area contributed by atoms with E-state index in [0.29, 0.717) is 30.6 Å². The molecule has 10 heteroatoms. The molecular weight excluding hydrogens is 394 g/mol. The molecule has 0 spiro atoms. The van der Waals surface area contributed by atoms with E-state index in [1.54, 1.807) is 9.20 Å². The van der Waals surface area contributed by atoms with Gasteiger partial charge in [-0.05, 0) is 31.4 Å². The van der Waals surface area contributed by atoms with Gasteiger partial charge in [-0.3, -0.25) is 4.79 Å². The Morgan fingerprint density at radius 1 is 1.13 bits per heavy atom. The zero-order valence-electron chi connectivity index (χ0n) is 18.0. The Labute approximate surface area is 179 Å². The van der Waals surface area contributed by atoms with Gasteiger partial charge in [0.25, 0.3) is 11.7 Å². The molecule has 0 aliphatic heterocycles. The summed E-state index contributed by atoms with van der Waals surface area (Å²) in [5.74, 6) is 2.11. The summed E-state index contributed by atoms with van der Waals surface area (Å²) in [7, 11) is 0. The molecule has 1 amide bonds. The van der Waals surface area contributed by atoms with Crippen LogP contribution < -0.4 is 10.6 Å². The number of amides is 1. The van der Waals surface area contributed by atoms with Crippen LogP contribution in [-0.2, 0) is 0 Å². The summed E-state index contributed by atoms with van der Waals surface area (Å²) in [5.41, 5.74) is 2.92. The van der Waals surface area contributed by atoms with Crippen LogP contribution in [0, 0.1) is 13.8 Å². The fourth-order valence-corrected chi connectivity index (χ4v) is 3.39. The van der Waals surface area contributed by atoms with Gasteiger partial charge in [0, 0.05) is 24.8 Å². The van der Waals surface area contributed by atoms with E-state index in [1.165, 1.54) is 6.33 Å². The van der Waals surface area contributed by atoms with E-state index < -0.39 is 0 Å². The average Bonchev–Trinajstić information content (AvgIpc) is 3.37. The van der Waals surface area contributed by atoms with Gasteiger partial charge in [0.15, 0.2) is 0 Å². The minimum absolute atomic E-state index is 0.148. The molecule has 31 heavy (non-hydrogen) atoms. The molecule has 4 aromatic rings. The van der Waals surface area contributed by atoms with Crippen LogP contribution in [-0.4, -0.2) is 53.3 Å². The number of hydrogen-bond acceptors (Lipinski definition) is 7. The number of aryl methyl sites for hydroxylation is 2. The molecule has 0 saturated carbocycles. The number of carbonyl (C=O) groups is 1. The largest absolute Gasteiger partial charge is 0.368 e. The van der Waals surface area contributed by atoms with E-state index >= 15 is 0 Å². The zero-order chi connectivity index (χ0) is 22.0. The van der Waals surface area contributed by atoms with Crippen LogP contribution in [0.25, 0.3) is 11.5 Å². The summed E-state index contributed by atoms with van der Waals surface area (Å²) >= 11 is 0. The highest BCUT2D eigenvalue weighted by Gasteiger charge is 2.17. The lowest BCUT2D eigenvalue weighted by Crippen LogP contribution is -2.30. The Bertz CT molecular complexity index is 1220. The molecule has 10 nitrogen and oxygen atoms in total. The molecule has 2 N–H and O–H groups in total. The number of nitrogens with one attached hydrogen (secondary N) is 2. The molecule has 3 aromatic heterocycles. The second-order valence-electron chi connectivity index (χ2n) is 7.55. The fraction of sp³-hybridized carbons (Fsp3) is 0.333. The van der Waals surface area contributed by atoms with Gasteiger partial charge in [0.1, 0.15) is 18.0 Å². The van der Waals surface area contributed by atoms with E-state index in [-0.39, 0.29) is 11.7 Å². The van der Waals surface area contributed by atoms with Gasteiger partial charge in [-0.25, -0.2) is 14.6 Å². The van der Waals surface area contributed by atoms with Gasteiger partial charge in [0.05, 0.1) is 5.69 Å². The number of nitrogens with zero attached hydrogens (tertiary/aromatic N) is 7. The van der Waals surface area contributed by atoms with E-state index in [9.17, 15) is 4.79 Å². The van der Waals surface area contributed by atoms with Crippen molar-refractivity contribution in [1.29, 1.82) is 0 Å². The monoisotopic (exact) mass is 419 g/mol. The summed E-state index contributed by atoms with van der Waals surface area (Å²) in [6.45, 7) is 8.89. The highest BCUT2D eigenvalue weighted by atomic mass is 16.2. The number of fused-ring (bicyclic) bond motifs is 1. The number of hydrogen-bond donors (Lipinski definition) is 2. The van der Waals surface area contributed by atoms with Gasteiger partial charge in [-0.2, -0.15) is 14.6 Å². The fourth-order valence-electron chi connectivity index (χ4n) is 3.39. The molecule has 1 aromatic carbocycles. The smallest absolute Gasteiger partial charge is 0.291 e. The van der Waals surface area contributed by atoms with Crippen LogP contribution in [0.4, 0.5) is 5.82 Å². The second kappa shape index (κ2) is 8.50. The van der Waals surface area contributed by atoms with Crippen LogP contribution in [0.3, 0.4) is 0 Å². The third-order valence-electron chi connectivity index (χ3n) is 4.86. The minimum atomic E-state index is -0.317. The van der Waals surface area contributed by atoms with Crippen LogP contribution >= 0.6 is 0 Å². The van der Waals surface area contributed by atoms with Crippen LogP contribution in [0.5, 0.6) is 0 Å². The first-order chi connectivity index (χ1) is 14.9. The third-order valence-corrected chi connectivity index (χ3v) is 4.86. The molecular formula is C21H25N9O. The van der Waals surface area contributed by atoms with Crippen molar-refractivity contribution in [2.45, 2.75) is 33.6 Å². The van der Waals surface area contributed by atoms with Crippen LogP contribution in [0.2, 0.25) is 0 Å². The van der Waals surface area contributed by atoms with Crippen molar-refractivity contribution in [3.8, 4) is 5.69 Å². The molecule has 0 unspecified atom stereocenters. The van der Waals surface area contributed by atoms with Gasteiger partial charge in [-0.15, -0.1) is 5.10 Å². The Morgan fingerprint density at radius 2 is 1.94 bits per heavy atom. The van der Waals surface area contributed by atoms with E-state index in [1.807, 2.05) is 38.1 Å². The lowest BCUT2D eigenvalue weighted by atomic mass is 10.0. The van der Waals surface area contributed by atoms with Crippen molar-refractivity contribution in [1.82, 2.24) is 39.7 Å². The molecule has 0 aliphatic rings. The Kier molecular flexibility index (Phi) is 5.61. The molecule has 160 valence electrons. The highest BCUT2D eigenvalue weighted by molar-refractivity contribution is 5.90. The van der Waals surface area contributed by atoms with Gasteiger partial charge in [0.2, 0.25) is 5.82 Å². The molecule has 3 heterocycles. The first-order valence-electron chi connectivity index (χ1n) is 10.2. The topological polar surface area (TPSA) is 115 Å². The average molecular weight is 419 g/mol. The van der Waals surface area contributed by atoms with Crippen molar-refractivity contribution in [2.24, 2.45) is 0 Å². The molecule has 0 bridgehead atoms. The summed E-state index contributed by atoms with van der Waals surface area (Å²) in [6, 6.07) is 9.90. The Balaban J connectivity index is 1.41. The Morgan fingerprint density at radius 3 is 2.74 bits per heavy atom. The van der Waals surface area contributed by atoms with Crippen LogP contribution in [0.15, 0.2) is 36.7 Å². The normalized spacial score (nSPS) is 11.3. The van der Waals surface area contributed by atoms with Crippen molar-refractivity contribution < 1.29 is 4.79 Å². The standard InChI is InChI=1S/C21H25N9O/c1-13(2)16-7-5-6-8-17(16)29-15(4)27-19(28-29)20(31)23-10-9-22-18-11-14(3)26-21-24-12-25-30(18)21/h5-8,11-13,22H,9-10H2,1-4H3,(H,23,31). The maximum absolute atomic E-state index is 12.6. The maximum Gasteiger partial charge on any atom is 0.291 e. The van der Waals surface area contributed by atoms with Crippen molar-refractivity contribution >= 4 is 17.5 Å². The quantitative estimate of drug-likeness (QED) is 0.442. The van der Waals surface area contributed by atoms with Crippen molar-refractivity contribution in [3.63, 3.8) is 0 Å². The highest BCUT2D eigenvalue weighted by Crippen LogP contribution is 2.23. The zero-order valence-corrected chi connectivity index (χ0v) is 18.0. The maximum atomic E-state index is 12.6. The van der Waals surface area contributed by atoms with Gasteiger partial charge >= 0.3 is 0 Å². The predicted octanol–water partition coefficient (Wildman–Crippen LogP) is 2.29. The first-order valence-corrected chi connectivity index (χ1v) is 10.2. The summed E-state index contributed by atoms with van der Waals surface area (Å²) in [5, 5.41) is 14.7. The lowest BCUT2D eigenvalue weighted by molar-refractivity contribution is 0.0945. The molecule has 0 fully saturated rings. The first kappa shape index (κ1) is 20.5. The van der Waals surface area contributed by atoms with E-state index in [2.05, 4.69) is 55.7 Å². The number of aromatic nitrogens is 7. The lowest BCUT2D eigenvalue weighted by Gasteiger charge is -2.12. The predicted molar refractivity (Wildman–Crippen MR) is 117 cm³/mol. The van der Waals surface area contributed by atoms with Crippen LogP contribution in [0.1, 0.15) is 47.5 Å². The van der Waals surface area contributed by atoms with E-state index in [0.717, 1.165) is 22.8 Å². The second-order valence-corrected chi connectivity index (χ2v) is 7.55. The molecule has 0 radical (unpaired) electrons. The minimum Gasteiger partial charge on any atom is -0.368 e. The van der Waals surface area contributed by atoms with Crippen molar-refractivity contribution in [2.75, 3.05) is 18.4 Å². The molecule has 4 rings (SSSR count). The number of para-hydroxylation sites is 1. The molecule has 0 atom stereocenters. The number of anilines is 1. The summed E-state index contributed by atoms with van der Waals surface area (Å²) in [6.07, 6.45) is 1.45. The van der Waals surface area contributed by atoms with E-state index in [4.69, 9.17) is 0 Å². The number of carbonyl (C=O) groups excluding carboxylic acids is 1. The van der Waals surface area contributed by atoms with Gasteiger partial charge < -0.3 is 10.6 Å². The Hall–Kier alpha value is -3.82. The number of benzene rings is 1. The third kappa shape index (κ3) is 4.23. The van der Waals surface area contributed by atoms with Gasteiger partial charge in [-0.1, -0.05) is 32.0 Å². The summed E-state index contributed by atoms with van der Waals surface area (Å²) < 4.78 is 3.34.